The standard InChI is InChI=1S/C21H27N3OS/c1-5-15-11-16(23(3)4)12-19-21(15)22-20-14(2)10-17(13-18(20)26-19)24-6-8-25-9-7-24/h10-13,22H,5-9H2,1-4H3. The van der Waals surface area contributed by atoms with E-state index in [9.17, 15) is 0 Å². The van der Waals surface area contributed by atoms with Gasteiger partial charge in [0.1, 0.15) is 0 Å². The average Bonchev–Trinajstić information content (AvgIpc) is 2.66. The quantitative estimate of drug-likeness (QED) is 0.724. The molecule has 4 rings (SSSR count). The Labute approximate surface area is 160 Å². The molecule has 0 amide bonds. The topological polar surface area (TPSA) is 27.7 Å². The number of hydrogen-bond donors (Lipinski definition) is 1. The monoisotopic (exact) mass is 369 g/mol. The summed E-state index contributed by atoms with van der Waals surface area (Å²) in [7, 11) is 4.22. The Kier molecular flexibility index (Phi) is 4.76. The zero-order chi connectivity index (χ0) is 18.3. The molecule has 2 heterocycles. The van der Waals surface area contributed by atoms with Crippen LogP contribution in [0.3, 0.4) is 0 Å². The average molecular weight is 370 g/mol. The van der Waals surface area contributed by atoms with Crippen LogP contribution in [0.2, 0.25) is 0 Å². The third kappa shape index (κ3) is 3.14. The Morgan fingerprint density at radius 3 is 2.50 bits per heavy atom. The minimum absolute atomic E-state index is 0.816. The van der Waals surface area contributed by atoms with Crippen LogP contribution in [0.4, 0.5) is 22.7 Å². The third-order valence-electron chi connectivity index (χ3n) is 5.20. The summed E-state index contributed by atoms with van der Waals surface area (Å²) in [5.74, 6) is 0. The molecule has 26 heavy (non-hydrogen) atoms. The van der Waals surface area contributed by atoms with Crippen molar-refractivity contribution in [2.75, 3.05) is 55.5 Å². The Balaban J connectivity index is 1.74. The summed E-state index contributed by atoms with van der Waals surface area (Å²) in [6.45, 7) is 8.01. The summed E-state index contributed by atoms with van der Waals surface area (Å²) in [5.41, 5.74) is 7.78. The van der Waals surface area contributed by atoms with Gasteiger partial charge in [0.15, 0.2) is 0 Å². The Morgan fingerprint density at radius 1 is 1.08 bits per heavy atom. The van der Waals surface area contributed by atoms with Gasteiger partial charge in [-0.15, -0.1) is 0 Å². The highest BCUT2D eigenvalue weighted by atomic mass is 32.2. The second kappa shape index (κ2) is 7.05. The van der Waals surface area contributed by atoms with Crippen molar-refractivity contribution in [1.29, 1.82) is 0 Å². The van der Waals surface area contributed by atoms with Gasteiger partial charge in [0, 0.05) is 48.4 Å². The van der Waals surface area contributed by atoms with E-state index in [0.717, 1.165) is 32.7 Å². The highest BCUT2D eigenvalue weighted by Crippen LogP contribution is 2.49. The van der Waals surface area contributed by atoms with Gasteiger partial charge in [-0.3, -0.25) is 0 Å². The van der Waals surface area contributed by atoms with Crippen LogP contribution in [0.15, 0.2) is 34.1 Å². The zero-order valence-electron chi connectivity index (χ0n) is 16.1. The highest BCUT2D eigenvalue weighted by Gasteiger charge is 2.23. The van der Waals surface area contributed by atoms with Gasteiger partial charge in [0.25, 0.3) is 0 Å². The van der Waals surface area contributed by atoms with E-state index in [1.54, 1.807) is 0 Å². The van der Waals surface area contributed by atoms with Gasteiger partial charge in [-0.25, -0.2) is 0 Å². The molecule has 0 unspecified atom stereocenters. The molecule has 0 atom stereocenters. The molecule has 2 aliphatic heterocycles. The number of anilines is 4. The van der Waals surface area contributed by atoms with Crippen molar-refractivity contribution in [3.63, 3.8) is 0 Å². The first kappa shape index (κ1) is 17.6. The van der Waals surface area contributed by atoms with Crippen LogP contribution in [0, 0.1) is 6.92 Å². The fraction of sp³-hybridized carbons (Fsp3) is 0.429. The van der Waals surface area contributed by atoms with Crippen molar-refractivity contribution in [2.24, 2.45) is 0 Å². The molecule has 0 bridgehead atoms. The van der Waals surface area contributed by atoms with Crippen LogP contribution in [0.5, 0.6) is 0 Å². The van der Waals surface area contributed by atoms with Crippen molar-refractivity contribution in [2.45, 2.75) is 30.1 Å². The summed E-state index contributed by atoms with van der Waals surface area (Å²) in [5, 5.41) is 3.74. The van der Waals surface area contributed by atoms with Gasteiger partial charge in [-0.05, 0) is 48.7 Å². The first-order valence-electron chi connectivity index (χ1n) is 9.33. The lowest BCUT2D eigenvalue weighted by atomic mass is 10.1. The normalized spacial score (nSPS) is 15.9. The summed E-state index contributed by atoms with van der Waals surface area (Å²) in [6.07, 6.45) is 1.03. The smallest absolute Gasteiger partial charge is 0.0642 e. The van der Waals surface area contributed by atoms with Crippen LogP contribution in [0.1, 0.15) is 18.1 Å². The molecule has 0 aliphatic carbocycles. The van der Waals surface area contributed by atoms with Crippen LogP contribution < -0.4 is 15.1 Å². The summed E-state index contributed by atoms with van der Waals surface area (Å²) >= 11 is 1.89. The number of morpholine rings is 1. The van der Waals surface area contributed by atoms with Crippen molar-refractivity contribution in [1.82, 2.24) is 0 Å². The number of aryl methyl sites for hydroxylation is 2. The number of nitrogens with zero attached hydrogens (tertiary/aromatic N) is 2. The largest absolute Gasteiger partial charge is 0.378 e. The molecule has 0 saturated carbocycles. The maximum absolute atomic E-state index is 5.51. The molecule has 0 radical (unpaired) electrons. The highest BCUT2D eigenvalue weighted by molar-refractivity contribution is 7.99. The lowest BCUT2D eigenvalue weighted by Crippen LogP contribution is -2.36. The van der Waals surface area contributed by atoms with Gasteiger partial charge in [-0.1, -0.05) is 18.7 Å². The van der Waals surface area contributed by atoms with Crippen LogP contribution in [-0.2, 0) is 11.2 Å². The number of hydrogen-bond acceptors (Lipinski definition) is 5. The van der Waals surface area contributed by atoms with Gasteiger partial charge in [0.2, 0.25) is 0 Å². The molecule has 2 aliphatic rings. The molecular formula is C21H27N3OS. The lowest BCUT2D eigenvalue weighted by molar-refractivity contribution is 0.122. The predicted molar refractivity (Wildman–Crippen MR) is 112 cm³/mol. The van der Waals surface area contributed by atoms with E-state index in [0.29, 0.717) is 0 Å². The van der Waals surface area contributed by atoms with Gasteiger partial charge in [0.05, 0.1) is 24.6 Å². The number of fused-ring (bicyclic) bond motifs is 2. The van der Waals surface area contributed by atoms with E-state index in [-0.39, 0.29) is 0 Å². The van der Waals surface area contributed by atoms with Gasteiger partial charge in [-0.2, -0.15) is 0 Å². The molecule has 1 fully saturated rings. The molecule has 0 spiro atoms. The molecular weight excluding hydrogens is 342 g/mol. The van der Waals surface area contributed by atoms with Gasteiger partial charge >= 0.3 is 0 Å². The lowest BCUT2D eigenvalue weighted by Gasteiger charge is -2.32. The van der Waals surface area contributed by atoms with Crippen LogP contribution >= 0.6 is 11.8 Å². The molecule has 1 N–H and O–H groups in total. The fourth-order valence-corrected chi connectivity index (χ4v) is 4.84. The maximum atomic E-state index is 5.51. The van der Waals surface area contributed by atoms with Crippen LogP contribution in [0.25, 0.3) is 0 Å². The first-order chi connectivity index (χ1) is 12.6. The van der Waals surface area contributed by atoms with E-state index in [2.05, 4.69) is 67.3 Å². The molecule has 2 aromatic carbocycles. The van der Waals surface area contributed by atoms with E-state index in [1.807, 2.05) is 11.8 Å². The molecule has 138 valence electrons. The Morgan fingerprint density at radius 2 is 1.81 bits per heavy atom. The summed E-state index contributed by atoms with van der Waals surface area (Å²) in [6, 6.07) is 9.24. The summed E-state index contributed by atoms with van der Waals surface area (Å²) < 4.78 is 5.51. The minimum atomic E-state index is 0.816. The third-order valence-corrected chi connectivity index (χ3v) is 6.28. The second-order valence-corrected chi connectivity index (χ2v) is 8.27. The SMILES string of the molecule is CCc1cc(N(C)C)cc2c1Nc1c(C)cc(N3CCOCC3)cc1S2. The number of rotatable bonds is 3. The van der Waals surface area contributed by atoms with E-state index in [4.69, 9.17) is 4.74 Å². The minimum Gasteiger partial charge on any atom is -0.378 e. The Hall–Kier alpha value is -1.85. The van der Waals surface area contributed by atoms with Crippen molar-refractivity contribution in [3.8, 4) is 0 Å². The van der Waals surface area contributed by atoms with E-state index < -0.39 is 0 Å². The molecule has 4 nitrogen and oxygen atoms in total. The number of ether oxygens (including phenoxy) is 1. The zero-order valence-corrected chi connectivity index (χ0v) is 16.9. The van der Waals surface area contributed by atoms with E-state index in [1.165, 1.54) is 43.7 Å². The fourth-order valence-electron chi connectivity index (χ4n) is 3.64. The molecule has 2 aromatic rings. The number of nitrogens with one attached hydrogen (secondary N) is 1. The molecule has 5 heteroatoms. The summed E-state index contributed by atoms with van der Waals surface area (Å²) in [4.78, 5) is 7.25. The van der Waals surface area contributed by atoms with Gasteiger partial charge < -0.3 is 19.9 Å². The molecule has 0 aromatic heterocycles. The number of benzene rings is 2. The maximum Gasteiger partial charge on any atom is 0.0642 e. The second-order valence-electron chi connectivity index (χ2n) is 7.19. The van der Waals surface area contributed by atoms with Crippen LogP contribution in [-0.4, -0.2) is 40.4 Å². The Bertz CT molecular complexity index is 828. The van der Waals surface area contributed by atoms with Crippen molar-refractivity contribution >= 4 is 34.5 Å². The van der Waals surface area contributed by atoms with E-state index >= 15 is 0 Å². The first-order valence-corrected chi connectivity index (χ1v) is 10.1. The predicted octanol–water partition coefficient (Wildman–Crippen LogP) is 4.67. The van der Waals surface area contributed by atoms with Crippen molar-refractivity contribution < 1.29 is 4.74 Å². The van der Waals surface area contributed by atoms with Crippen molar-refractivity contribution in [3.05, 3.63) is 35.4 Å². The molecule has 1 saturated heterocycles.